The van der Waals surface area contributed by atoms with E-state index in [-0.39, 0.29) is 5.75 Å². The van der Waals surface area contributed by atoms with Gasteiger partial charge in [0.25, 0.3) is 5.56 Å². The van der Waals surface area contributed by atoms with Crippen LogP contribution in [0.5, 0.6) is 5.75 Å². The number of carbonyl (C=O) groups is 1. The number of carbonyl (C=O) groups excluding carboxylic acids is 1. The molecule has 39 heavy (non-hydrogen) atoms. The minimum atomic E-state index is -4.45. The lowest BCUT2D eigenvalue weighted by Gasteiger charge is -2.31. The number of nitrogens with zero attached hydrogens (tertiary/aromatic N) is 1. The van der Waals surface area contributed by atoms with E-state index in [1.807, 2.05) is 0 Å². The summed E-state index contributed by atoms with van der Waals surface area (Å²) in [4.78, 5) is 37.8. The number of nitrogens with one attached hydrogen (secondary N) is 2. The number of aromatic amines is 1. The Morgan fingerprint density at radius 3 is 2.51 bits per heavy atom. The fraction of sp³-hybridized carbons (Fsp3) is 0.522. The largest absolute Gasteiger partial charge is 0.462 e. The summed E-state index contributed by atoms with van der Waals surface area (Å²) in [6.07, 6.45) is -6.58. The first kappa shape index (κ1) is 30.6. The zero-order chi connectivity index (χ0) is 29.1. The zero-order valence-electron chi connectivity index (χ0n) is 21.6. The minimum Gasteiger partial charge on any atom is -0.462 e. The van der Waals surface area contributed by atoms with Crippen molar-refractivity contribution in [2.75, 3.05) is 6.67 Å². The second-order valence-corrected chi connectivity index (χ2v) is 11.0. The van der Waals surface area contributed by atoms with Crippen molar-refractivity contribution in [3.63, 3.8) is 0 Å². The van der Waals surface area contributed by atoms with Gasteiger partial charge in [-0.2, -0.15) is 9.48 Å². The number of alkyl halides is 1. The smallest absolute Gasteiger partial charge is 0.459 e. The number of aromatic nitrogens is 2. The van der Waals surface area contributed by atoms with Crippen molar-refractivity contribution >= 4 is 13.7 Å². The summed E-state index contributed by atoms with van der Waals surface area (Å²) in [6, 6.07) is 6.64. The molecule has 0 amide bonds. The van der Waals surface area contributed by atoms with Crippen molar-refractivity contribution in [3.8, 4) is 5.75 Å². The minimum absolute atomic E-state index is 0.0999. The quantitative estimate of drug-likeness (QED) is 0.222. The van der Waals surface area contributed by atoms with Gasteiger partial charge in [0.2, 0.25) is 5.82 Å². The molecule has 16 heteroatoms. The van der Waals surface area contributed by atoms with Gasteiger partial charge in [0.15, 0.2) is 6.23 Å². The summed E-state index contributed by atoms with van der Waals surface area (Å²) >= 11 is 0. The van der Waals surface area contributed by atoms with Gasteiger partial charge in [-0.3, -0.25) is 23.7 Å². The number of ether oxygens (including phenoxy) is 2. The van der Waals surface area contributed by atoms with Gasteiger partial charge >= 0.3 is 19.4 Å². The number of benzene rings is 1. The Morgan fingerprint density at radius 2 is 1.92 bits per heavy atom. The number of hydrogen-bond acceptors (Lipinski definition) is 10. The average Bonchev–Trinajstić information content (AvgIpc) is 3.12. The van der Waals surface area contributed by atoms with E-state index >= 15 is 0 Å². The monoisotopic (exact) mass is 576 g/mol. The Kier molecular flexibility index (Phi) is 9.47. The number of hydrogen-bond donors (Lipinski definition) is 4. The molecule has 13 nitrogen and oxygen atoms in total. The van der Waals surface area contributed by atoms with Crippen LogP contribution < -0.4 is 26.6 Å². The number of esters is 1. The third kappa shape index (κ3) is 6.80. The van der Waals surface area contributed by atoms with Gasteiger partial charge < -0.3 is 24.8 Å². The van der Waals surface area contributed by atoms with E-state index in [0.717, 1.165) is 0 Å². The van der Waals surface area contributed by atoms with Crippen LogP contribution in [0.25, 0.3) is 0 Å². The second kappa shape index (κ2) is 12.1. The fourth-order valence-corrected chi connectivity index (χ4v) is 5.57. The molecule has 1 unspecified atom stereocenters. The summed E-state index contributed by atoms with van der Waals surface area (Å²) < 4.78 is 64.4. The Bertz CT molecular complexity index is 1320. The van der Waals surface area contributed by atoms with Gasteiger partial charge in [0.05, 0.1) is 18.4 Å². The molecule has 0 aliphatic carbocycles. The molecule has 2 heterocycles. The highest BCUT2D eigenvalue weighted by Gasteiger charge is 2.58. The molecular weight excluding hydrogens is 545 g/mol. The average molecular weight is 576 g/mol. The van der Waals surface area contributed by atoms with Crippen molar-refractivity contribution in [2.24, 2.45) is 5.73 Å². The van der Waals surface area contributed by atoms with E-state index in [0.29, 0.717) is 10.8 Å². The summed E-state index contributed by atoms with van der Waals surface area (Å²) in [6.45, 7) is 4.47. The van der Waals surface area contributed by atoms with Gasteiger partial charge in [-0.15, -0.1) is 0 Å². The summed E-state index contributed by atoms with van der Waals surface area (Å²) in [5, 5.41) is 13.4. The van der Waals surface area contributed by atoms with Gasteiger partial charge in [0.1, 0.15) is 36.2 Å². The van der Waals surface area contributed by atoms with Crippen molar-refractivity contribution in [1.82, 2.24) is 14.6 Å². The summed E-state index contributed by atoms with van der Waals surface area (Å²) in [5.74, 6) is -2.04. The molecule has 1 aliphatic rings. The maximum absolute atomic E-state index is 14.2. The molecule has 0 spiro atoms. The van der Waals surface area contributed by atoms with Crippen molar-refractivity contribution in [2.45, 2.75) is 69.9 Å². The molecule has 0 bridgehead atoms. The van der Waals surface area contributed by atoms with E-state index in [1.165, 1.54) is 26.0 Å². The number of aliphatic hydroxyl groups is 1. The topological polar surface area (TPSA) is 184 Å². The van der Waals surface area contributed by atoms with E-state index in [4.69, 9.17) is 24.3 Å². The van der Waals surface area contributed by atoms with Crippen LogP contribution in [0.4, 0.5) is 8.78 Å². The normalized spacial score (nSPS) is 26.1. The maximum atomic E-state index is 14.2. The number of H-pyrrole nitrogens is 1. The summed E-state index contributed by atoms with van der Waals surface area (Å²) in [5.41, 5.74) is 1.27. The Morgan fingerprint density at radius 1 is 1.28 bits per heavy atom. The van der Waals surface area contributed by atoms with Crippen LogP contribution >= 0.6 is 7.75 Å². The van der Waals surface area contributed by atoms with Crippen molar-refractivity contribution < 1.29 is 41.8 Å². The molecule has 5 N–H and O–H groups in total. The van der Waals surface area contributed by atoms with Gasteiger partial charge in [-0.1, -0.05) is 18.2 Å². The SMILES string of the molecule is CC(C)OC(=O)[C@H](C)N[P@](=O)(Oc1ccccc1)O[C@@H](C)[C@H]1O[C@@H](n2cc(F)c(=O)[nH]c2=O)[C@@](N)(CF)C1O. The lowest BCUT2D eigenvalue weighted by atomic mass is 9.91. The zero-order valence-corrected chi connectivity index (χ0v) is 22.5. The van der Waals surface area contributed by atoms with Gasteiger partial charge in [-0.05, 0) is 39.8 Å². The van der Waals surface area contributed by atoms with E-state index in [2.05, 4.69) is 5.09 Å². The van der Waals surface area contributed by atoms with Crippen LogP contribution in [0.15, 0.2) is 46.1 Å². The van der Waals surface area contributed by atoms with Crippen LogP contribution in [0.3, 0.4) is 0 Å². The lowest BCUT2D eigenvalue weighted by molar-refractivity contribution is -0.149. The van der Waals surface area contributed by atoms with Crippen LogP contribution in [-0.2, 0) is 23.4 Å². The van der Waals surface area contributed by atoms with Crippen LogP contribution in [0.1, 0.15) is 33.9 Å². The fourth-order valence-electron chi connectivity index (χ4n) is 3.88. The molecule has 1 saturated heterocycles. The molecule has 2 aromatic rings. The lowest BCUT2D eigenvalue weighted by Crippen LogP contribution is -2.58. The van der Waals surface area contributed by atoms with Crippen molar-refractivity contribution in [3.05, 3.63) is 63.2 Å². The molecule has 1 aromatic heterocycles. The number of para-hydroxylation sites is 1. The molecular formula is C23H31F2N4O9P. The molecule has 7 atom stereocenters. The molecule has 216 valence electrons. The number of nitrogens with two attached hydrogens (primary N) is 1. The van der Waals surface area contributed by atoms with Gasteiger partial charge in [-0.25, -0.2) is 13.8 Å². The highest BCUT2D eigenvalue weighted by molar-refractivity contribution is 7.52. The van der Waals surface area contributed by atoms with Crippen LogP contribution in [0, 0.1) is 5.82 Å². The Hall–Kier alpha value is -2.94. The predicted molar refractivity (Wildman–Crippen MR) is 133 cm³/mol. The first-order valence-corrected chi connectivity index (χ1v) is 13.5. The van der Waals surface area contributed by atoms with Crippen LogP contribution in [-0.4, -0.2) is 63.3 Å². The third-order valence-electron chi connectivity index (χ3n) is 5.81. The number of aliphatic hydroxyl groups excluding tert-OH is 1. The molecule has 1 aliphatic heterocycles. The Labute approximate surface area is 221 Å². The molecule has 1 fully saturated rings. The third-order valence-corrected chi connectivity index (χ3v) is 7.57. The first-order valence-electron chi connectivity index (χ1n) is 11.9. The van der Waals surface area contributed by atoms with E-state index in [9.17, 15) is 32.8 Å². The summed E-state index contributed by atoms with van der Waals surface area (Å²) in [7, 11) is -4.45. The predicted octanol–water partition coefficient (Wildman–Crippen LogP) is 1.12. The number of rotatable bonds is 11. The second-order valence-electron chi connectivity index (χ2n) is 9.34. The first-order chi connectivity index (χ1) is 18.2. The van der Waals surface area contributed by atoms with Gasteiger partial charge in [0, 0.05) is 0 Å². The van der Waals surface area contributed by atoms with Crippen LogP contribution in [0.2, 0.25) is 0 Å². The highest BCUT2D eigenvalue weighted by atomic mass is 31.2. The van der Waals surface area contributed by atoms with Crippen molar-refractivity contribution in [1.29, 1.82) is 0 Å². The number of halogens is 2. The Balaban J connectivity index is 1.91. The molecule has 3 rings (SSSR count). The maximum Gasteiger partial charge on any atom is 0.459 e. The van der Waals surface area contributed by atoms with E-state index < -0.39 is 79.7 Å². The van der Waals surface area contributed by atoms with E-state index in [1.54, 1.807) is 37.0 Å². The molecule has 0 saturated carbocycles. The highest BCUT2D eigenvalue weighted by Crippen LogP contribution is 2.48. The molecule has 0 radical (unpaired) electrons. The molecule has 1 aromatic carbocycles. The standard InChI is InChI=1S/C23H31F2N4O9P/c1-12(2)35-20(32)13(3)28-39(34,38-15-8-6-5-7-9-15)37-14(4)17-18(30)23(26,11-24)21(36-17)29-10-16(25)19(31)27-22(29)33/h5-10,12-14,17-18,21,30H,11,26H2,1-4H3,(H,28,34)(H,27,31,33)/t13-,14-,17+,18?,21+,23+,39+/m0/s1.